The molecule has 5 atom stereocenters. The van der Waals surface area contributed by atoms with E-state index in [4.69, 9.17) is 9.47 Å². The monoisotopic (exact) mass is 336 g/mol. The van der Waals surface area contributed by atoms with E-state index in [1.807, 2.05) is 0 Å². The number of hydrogen-bond acceptors (Lipinski definition) is 3. The molecule has 3 fully saturated rings. The van der Waals surface area contributed by atoms with Crippen LogP contribution >= 0.6 is 0 Å². The molecule has 0 amide bonds. The number of epoxide rings is 1. The molecule has 3 rings (SSSR count). The average Bonchev–Trinajstić information content (AvgIpc) is 2.99. The number of rotatable bonds is 3. The fourth-order valence-electron chi connectivity index (χ4n) is 6.45. The predicted octanol–water partition coefficient (Wildman–Crippen LogP) is 5.12. The van der Waals surface area contributed by atoms with Crippen molar-refractivity contribution in [3.63, 3.8) is 0 Å². The highest BCUT2D eigenvalue weighted by molar-refractivity contribution is 5.66. The lowest BCUT2D eigenvalue weighted by Crippen LogP contribution is -2.59. The maximum Gasteiger partial charge on any atom is 0.303 e. The molecule has 138 valence electrons. The Morgan fingerprint density at radius 3 is 2.25 bits per heavy atom. The van der Waals surface area contributed by atoms with Gasteiger partial charge in [-0.05, 0) is 69.6 Å². The highest BCUT2D eigenvalue weighted by Gasteiger charge is 2.62. The first kappa shape index (κ1) is 18.2. The Morgan fingerprint density at radius 2 is 1.71 bits per heavy atom. The van der Waals surface area contributed by atoms with E-state index in [1.54, 1.807) is 6.92 Å². The molecule has 0 unspecified atom stereocenters. The van der Waals surface area contributed by atoms with Crippen molar-refractivity contribution in [2.45, 2.75) is 104 Å². The van der Waals surface area contributed by atoms with Crippen LogP contribution in [0.5, 0.6) is 0 Å². The number of carbonyl (C=O) groups excluding carboxylic acids is 1. The van der Waals surface area contributed by atoms with Gasteiger partial charge in [-0.15, -0.1) is 0 Å². The molecule has 1 saturated heterocycles. The standard InChI is InChI=1S/C21H36O3/c1-14(22)23-21(7)12-9-15-18(2,3)10-8-11-20(15,6)16(21)13-17-19(4,5)24-17/h15-17H,8-13H2,1-7H3/t15-,16+,17-,20-,21+/m0/s1. The summed E-state index contributed by atoms with van der Waals surface area (Å²) in [6, 6.07) is 0. The molecule has 0 bridgehead atoms. The Bertz CT molecular complexity index is 523. The van der Waals surface area contributed by atoms with Gasteiger partial charge in [-0.2, -0.15) is 0 Å². The maximum absolute atomic E-state index is 11.8. The summed E-state index contributed by atoms with van der Waals surface area (Å²) in [6.07, 6.45) is 7.30. The molecule has 24 heavy (non-hydrogen) atoms. The van der Waals surface area contributed by atoms with Gasteiger partial charge >= 0.3 is 5.97 Å². The first-order valence-electron chi connectivity index (χ1n) is 9.78. The van der Waals surface area contributed by atoms with Crippen LogP contribution in [0.15, 0.2) is 0 Å². The Hall–Kier alpha value is -0.570. The van der Waals surface area contributed by atoms with E-state index < -0.39 is 0 Å². The second-order valence-electron chi connectivity index (χ2n) is 10.3. The molecule has 0 radical (unpaired) electrons. The molecule has 3 heteroatoms. The van der Waals surface area contributed by atoms with Crippen LogP contribution < -0.4 is 0 Å². The molecule has 0 spiro atoms. The summed E-state index contributed by atoms with van der Waals surface area (Å²) in [5, 5.41) is 0. The van der Waals surface area contributed by atoms with Crippen LogP contribution in [0.3, 0.4) is 0 Å². The number of carbonyl (C=O) groups is 1. The van der Waals surface area contributed by atoms with Crippen molar-refractivity contribution in [2.24, 2.45) is 22.7 Å². The molecule has 0 N–H and O–H groups in total. The van der Waals surface area contributed by atoms with Crippen LogP contribution in [0, 0.1) is 22.7 Å². The Labute approximate surface area is 147 Å². The summed E-state index contributed by atoms with van der Waals surface area (Å²) in [5.41, 5.74) is 0.242. The molecule has 2 saturated carbocycles. The highest BCUT2D eigenvalue weighted by Crippen LogP contribution is 2.64. The third-order valence-electron chi connectivity index (χ3n) is 7.73. The zero-order chi connectivity index (χ0) is 18.0. The summed E-state index contributed by atoms with van der Waals surface area (Å²) in [7, 11) is 0. The van der Waals surface area contributed by atoms with Crippen LogP contribution in [0.25, 0.3) is 0 Å². The van der Waals surface area contributed by atoms with E-state index in [0.29, 0.717) is 23.4 Å². The lowest BCUT2D eigenvalue weighted by Gasteiger charge is -2.61. The van der Waals surface area contributed by atoms with Gasteiger partial charge in [0.2, 0.25) is 0 Å². The van der Waals surface area contributed by atoms with Gasteiger partial charge in [0.15, 0.2) is 0 Å². The Morgan fingerprint density at radius 1 is 1.08 bits per heavy atom. The molecule has 0 aromatic rings. The third kappa shape index (κ3) is 2.91. The van der Waals surface area contributed by atoms with Crippen LogP contribution in [0.1, 0.15) is 87.0 Å². The van der Waals surface area contributed by atoms with E-state index in [-0.39, 0.29) is 22.6 Å². The summed E-state index contributed by atoms with van der Waals surface area (Å²) in [6.45, 7) is 15.4. The first-order chi connectivity index (χ1) is 10.9. The normalized spacial score (nSPS) is 46.0. The van der Waals surface area contributed by atoms with Crippen LogP contribution in [-0.4, -0.2) is 23.3 Å². The number of esters is 1. The van der Waals surface area contributed by atoms with Gasteiger partial charge in [0.25, 0.3) is 0 Å². The van der Waals surface area contributed by atoms with Gasteiger partial charge in [0.05, 0.1) is 11.7 Å². The molecule has 0 aromatic carbocycles. The van der Waals surface area contributed by atoms with E-state index in [1.165, 1.54) is 25.7 Å². The molecular weight excluding hydrogens is 300 g/mol. The number of ether oxygens (including phenoxy) is 2. The minimum absolute atomic E-state index is 0.00930. The average molecular weight is 337 g/mol. The minimum atomic E-state index is -0.355. The second kappa shape index (κ2) is 5.46. The molecule has 1 heterocycles. The topological polar surface area (TPSA) is 38.8 Å². The van der Waals surface area contributed by atoms with Crippen molar-refractivity contribution in [3.8, 4) is 0 Å². The number of fused-ring (bicyclic) bond motifs is 1. The zero-order valence-electron chi connectivity index (χ0n) is 16.7. The van der Waals surface area contributed by atoms with Gasteiger partial charge in [0.1, 0.15) is 5.60 Å². The van der Waals surface area contributed by atoms with Crippen molar-refractivity contribution in [1.82, 2.24) is 0 Å². The third-order valence-corrected chi connectivity index (χ3v) is 7.73. The fourth-order valence-corrected chi connectivity index (χ4v) is 6.45. The van der Waals surface area contributed by atoms with Crippen molar-refractivity contribution in [1.29, 1.82) is 0 Å². The van der Waals surface area contributed by atoms with Crippen molar-refractivity contribution in [2.75, 3.05) is 0 Å². The van der Waals surface area contributed by atoms with Crippen molar-refractivity contribution in [3.05, 3.63) is 0 Å². The summed E-state index contributed by atoms with van der Waals surface area (Å²) < 4.78 is 11.9. The fraction of sp³-hybridized carbons (Fsp3) is 0.952. The highest BCUT2D eigenvalue weighted by atomic mass is 16.6. The quantitative estimate of drug-likeness (QED) is 0.530. The molecule has 0 aromatic heterocycles. The van der Waals surface area contributed by atoms with Gasteiger partial charge in [-0.25, -0.2) is 0 Å². The molecular formula is C21H36O3. The van der Waals surface area contributed by atoms with Crippen LogP contribution in [0.2, 0.25) is 0 Å². The first-order valence-corrected chi connectivity index (χ1v) is 9.78. The predicted molar refractivity (Wildman–Crippen MR) is 95.7 cm³/mol. The summed E-state index contributed by atoms with van der Waals surface area (Å²) >= 11 is 0. The molecule has 2 aliphatic carbocycles. The smallest absolute Gasteiger partial charge is 0.303 e. The largest absolute Gasteiger partial charge is 0.459 e. The van der Waals surface area contributed by atoms with Crippen molar-refractivity contribution >= 4 is 5.97 Å². The van der Waals surface area contributed by atoms with Gasteiger partial charge in [-0.1, -0.05) is 27.2 Å². The number of hydrogen-bond donors (Lipinski definition) is 0. The molecule has 3 aliphatic rings. The van der Waals surface area contributed by atoms with E-state index in [9.17, 15) is 4.79 Å². The van der Waals surface area contributed by atoms with Gasteiger partial charge in [-0.3, -0.25) is 4.79 Å². The van der Waals surface area contributed by atoms with Gasteiger partial charge < -0.3 is 9.47 Å². The van der Waals surface area contributed by atoms with Crippen LogP contribution in [0.4, 0.5) is 0 Å². The lowest BCUT2D eigenvalue weighted by molar-refractivity contribution is -0.200. The Balaban J connectivity index is 1.94. The molecule has 1 aliphatic heterocycles. The SMILES string of the molecule is CC(=O)O[C@]1(C)CC[C@H]2C(C)(C)CCC[C@]2(C)[C@H]1C[C@@H]1OC1(C)C. The van der Waals surface area contributed by atoms with Crippen LogP contribution in [-0.2, 0) is 14.3 Å². The minimum Gasteiger partial charge on any atom is -0.459 e. The van der Waals surface area contributed by atoms with E-state index >= 15 is 0 Å². The van der Waals surface area contributed by atoms with Gasteiger partial charge in [0, 0.05) is 12.8 Å². The zero-order valence-corrected chi connectivity index (χ0v) is 16.7. The second-order valence-corrected chi connectivity index (χ2v) is 10.3. The molecule has 3 nitrogen and oxygen atoms in total. The van der Waals surface area contributed by atoms with E-state index in [2.05, 4.69) is 41.5 Å². The maximum atomic E-state index is 11.8. The Kier molecular flexibility index (Phi) is 4.15. The summed E-state index contributed by atoms with van der Waals surface area (Å²) in [5.74, 6) is 0.934. The van der Waals surface area contributed by atoms with E-state index in [0.717, 1.165) is 12.8 Å². The van der Waals surface area contributed by atoms with Crippen molar-refractivity contribution < 1.29 is 14.3 Å². The lowest BCUT2D eigenvalue weighted by atomic mass is 9.45. The summed E-state index contributed by atoms with van der Waals surface area (Å²) in [4.78, 5) is 11.8.